The maximum absolute atomic E-state index is 5.60. The molecule has 13 heavy (non-hydrogen) atoms. The van der Waals surface area contributed by atoms with E-state index in [1.54, 1.807) is 0 Å². The minimum absolute atomic E-state index is 0.327. The molecular formula is C9H17N3O. The molecule has 0 saturated carbocycles. The van der Waals surface area contributed by atoms with E-state index in [0.29, 0.717) is 25.1 Å². The molecule has 0 saturated heterocycles. The summed E-state index contributed by atoms with van der Waals surface area (Å²) in [6.07, 6.45) is 0. The maximum Gasteiger partial charge on any atom is 0.145 e. The average molecular weight is 183 g/mol. The zero-order valence-electron chi connectivity index (χ0n) is 8.45. The Balaban J connectivity index is 2.78. The highest BCUT2D eigenvalue weighted by molar-refractivity contribution is 5.29. The fraction of sp³-hybridized carbons (Fsp3) is 0.667. The third-order valence-electron chi connectivity index (χ3n) is 1.78. The Kier molecular flexibility index (Phi) is 3.31. The van der Waals surface area contributed by atoms with Crippen molar-refractivity contribution in [3.63, 3.8) is 0 Å². The molecule has 0 amide bonds. The molecule has 4 heteroatoms. The lowest BCUT2D eigenvalue weighted by Gasteiger charge is -2.10. The molecule has 0 aliphatic rings. The summed E-state index contributed by atoms with van der Waals surface area (Å²) in [6.45, 7) is 7.41. The summed E-state index contributed by atoms with van der Waals surface area (Å²) in [6, 6.07) is 2.18. The van der Waals surface area contributed by atoms with E-state index in [1.807, 2.05) is 17.7 Å². The molecule has 1 heterocycles. The number of nitrogens with zero attached hydrogens (tertiary/aromatic N) is 2. The molecule has 1 rings (SSSR count). The molecule has 0 aliphatic heterocycles. The van der Waals surface area contributed by atoms with Crippen LogP contribution in [0.1, 0.15) is 32.5 Å². The van der Waals surface area contributed by atoms with Crippen molar-refractivity contribution in [3.05, 3.63) is 11.8 Å². The van der Waals surface area contributed by atoms with Crippen molar-refractivity contribution in [1.82, 2.24) is 9.78 Å². The van der Waals surface area contributed by atoms with Crippen molar-refractivity contribution in [3.8, 4) is 0 Å². The third-order valence-corrected chi connectivity index (χ3v) is 1.78. The minimum Gasteiger partial charge on any atom is -0.382 e. The summed E-state index contributed by atoms with van der Waals surface area (Å²) in [5.74, 6) is 0.559. The van der Waals surface area contributed by atoms with Crippen LogP contribution in [0.5, 0.6) is 0 Å². The van der Waals surface area contributed by atoms with Gasteiger partial charge in [-0.05, 0) is 20.8 Å². The SMILES string of the molecule is CCOCc1cc(N)nn1C(C)C. The average Bonchev–Trinajstić information content (AvgIpc) is 2.43. The lowest BCUT2D eigenvalue weighted by atomic mass is 10.3. The molecule has 0 radical (unpaired) electrons. The van der Waals surface area contributed by atoms with Gasteiger partial charge in [-0.25, -0.2) is 0 Å². The number of rotatable bonds is 4. The molecule has 0 unspecified atom stereocenters. The van der Waals surface area contributed by atoms with Crippen molar-refractivity contribution in [2.45, 2.75) is 33.4 Å². The zero-order valence-corrected chi connectivity index (χ0v) is 8.45. The first-order valence-electron chi connectivity index (χ1n) is 4.56. The lowest BCUT2D eigenvalue weighted by molar-refractivity contribution is 0.126. The van der Waals surface area contributed by atoms with Gasteiger partial charge in [0.05, 0.1) is 12.3 Å². The second-order valence-corrected chi connectivity index (χ2v) is 3.24. The van der Waals surface area contributed by atoms with Gasteiger partial charge < -0.3 is 10.5 Å². The monoisotopic (exact) mass is 183 g/mol. The number of aromatic nitrogens is 2. The molecule has 0 spiro atoms. The number of anilines is 1. The van der Waals surface area contributed by atoms with Gasteiger partial charge >= 0.3 is 0 Å². The topological polar surface area (TPSA) is 53.1 Å². The summed E-state index contributed by atoms with van der Waals surface area (Å²) in [5, 5.41) is 4.18. The van der Waals surface area contributed by atoms with Gasteiger partial charge in [0, 0.05) is 18.7 Å². The van der Waals surface area contributed by atoms with E-state index in [1.165, 1.54) is 0 Å². The summed E-state index contributed by atoms with van der Waals surface area (Å²) >= 11 is 0. The van der Waals surface area contributed by atoms with Gasteiger partial charge in [0.15, 0.2) is 0 Å². The van der Waals surface area contributed by atoms with Crippen LogP contribution in [0.2, 0.25) is 0 Å². The first kappa shape index (κ1) is 10.1. The van der Waals surface area contributed by atoms with E-state index < -0.39 is 0 Å². The second kappa shape index (κ2) is 4.28. The Hall–Kier alpha value is -1.03. The van der Waals surface area contributed by atoms with Crippen LogP contribution in [-0.2, 0) is 11.3 Å². The predicted octanol–water partition coefficient (Wildman–Crippen LogP) is 1.58. The van der Waals surface area contributed by atoms with Crippen LogP contribution in [-0.4, -0.2) is 16.4 Å². The van der Waals surface area contributed by atoms with Crippen LogP contribution in [0.4, 0.5) is 5.82 Å². The Bertz CT molecular complexity index is 268. The van der Waals surface area contributed by atoms with Crippen LogP contribution >= 0.6 is 0 Å². The summed E-state index contributed by atoms with van der Waals surface area (Å²) in [4.78, 5) is 0. The molecular weight excluding hydrogens is 166 g/mol. The number of nitrogen functional groups attached to an aromatic ring is 1. The van der Waals surface area contributed by atoms with Crippen LogP contribution in [0.3, 0.4) is 0 Å². The van der Waals surface area contributed by atoms with Crippen LogP contribution in [0, 0.1) is 0 Å². The summed E-state index contributed by atoms with van der Waals surface area (Å²) < 4.78 is 7.20. The number of ether oxygens (including phenoxy) is 1. The van der Waals surface area contributed by atoms with Gasteiger partial charge in [0.2, 0.25) is 0 Å². The van der Waals surface area contributed by atoms with E-state index in [2.05, 4.69) is 18.9 Å². The largest absolute Gasteiger partial charge is 0.382 e. The van der Waals surface area contributed by atoms with Crippen molar-refractivity contribution < 1.29 is 4.74 Å². The van der Waals surface area contributed by atoms with Gasteiger partial charge in [-0.1, -0.05) is 0 Å². The van der Waals surface area contributed by atoms with E-state index in [4.69, 9.17) is 10.5 Å². The van der Waals surface area contributed by atoms with Crippen molar-refractivity contribution in [1.29, 1.82) is 0 Å². The number of hydrogen-bond donors (Lipinski definition) is 1. The van der Waals surface area contributed by atoms with Crippen molar-refractivity contribution in [2.75, 3.05) is 12.3 Å². The number of nitrogens with two attached hydrogens (primary N) is 1. The van der Waals surface area contributed by atoms with E-state index >= 15 is 0 Å². The van der Waals surface area contributed by atoms with Crippen LogP contribution < -0.4 is 5.73 Å². The quantitative estimate of drug-likeness (QED) is 0.771. The molecule has 0 aromatic carbocycles. The van der Waals surface area contributed by atoms with Crippen LogP contribution in [0.15, 0.2) is 6.07 Å². The van der Waals surface area contributed by atoms with Crippen molar-refractivity contribution >= 4 is 5.82 Å². The van der Waals surface area contributed by atoms with E-state index in [9.17, 15) is 0 Å². The molecule has 0 bridgehead atoms. The molecule has 1 aromatic heterocycles. The van der Waals surface area contributed by atoms with Crippen molar-refractivity contribution in [2.24, 2.45) is 0 Å². The molecule has 4 nitrogen and oxygen atoms in total. The van der Waals surface area contributed by atoms with Gasteiger partial charge in [0.25, 0.3) is 0 Å². The standard InChI is InChI=1S/C9H17N3O/c1-4-13-6-8-5-9(10)11-12(8)7(2)3/h5,7H,4,6H2,1-3H3,(H2,10,11). The fourth-order valence-electron chi connectivity index (χ4n) is 1.22. The smallest absolute Gasteiger partial charge is 0.145 e. The summed E-state index contributed by atoms with van der Waals surface area (Å²) in [5.41, 5.74) is 6.64. The van der Waals surface area contributed by atoms with Gasteiger partial charge in [0.1, 0.15) is 5.82 Å². The first-order valence-corrected chi connectivity index (χ1v) is 4.56. The Labute approximate surface area is 78.7 Å². The normalized spacial score (nSPS) is 11.1. The highest BCUT2D eigenvalue weighted by Crippen LogP contribution is 2.13. The molecule has 0 fully saturated rings. The summed E-state index contributed by atoms with van der Waals surface area (Å²) in [7, 11) is 0. The Morgan fingerprint density at radius 2 is 2.31 bits per heavy atom. The number of hydrogen-bond acceptors (Lipinski definition) is 3. The van der Waals surface area contributed by atoms with Gasteiger partial charge in [-0.2, -0.15) is 5.10 Å². The molecule has 74 valence electrons. The molecule has 2 N–H and O–H groups in total. The third kappa shape index (κ3) is 2.45. The maximum atomic E-state index is 5.60. The Morgan fingerprint density at radius 3 is 2.85 bits per heavy atom. The highest BCUT2D eigenvalue weighted by Gasteiger charge is 2.08. The predicted molar refractivity (Wildman–Crippen MR) is 52.4 cm³/mol. The van der Waals surface area contributed by atoms with E-state index in [-0.39, 0.29) is 0 Å². The van der Waals surface area contributed by atoms with Gasteiger partial charge in [-0.15, -0.1) is 0 Å². The van der Waals surface area contributed by atoms with Gasteiger partial charge in [-0.3, -0.25) is 4.68 Å². The molecule has 0 aliphatic carbocycles. The Morgan fingerprint density at radius 1 is 1.62 bits per heavy atom. The van der Waals surface area contributed by atoms with E-state index in [0.717, 1.165) is 5.69 Å². The molecule has 0 atom stereocenters. The molecule has 1 aromatic rings. The minimum atomic E-state index is 0.327. The first-order chi connectivity index (χ1) is 6.15. The fourth-order valence-corrected chi connectivity index (χ4v) is 1.22. The van der Waals surface area contributed by atoms with Crippen LogP contribution in [0.25, 0.3) is 0 Å². The zero-order chi connectivity index (χ0) is 9.84. The highest BCUT2D eigenvalue weighted by atomic mass is 16.5. The lowest BCUT2D eigenvalue weighted by Crippen LogP contribution is -2.08. The second-order valence-electron chi connectivity index (χ2n) is 3.24.